The first-order valence-electron chi connectivity index (χ1n) is 11.6. The minimum Gasteiger partial charge on any atom is -0.396 e. The van der Waals surface area contributed by atoms with Gasteiger partial charge in [-0.2, -0.15) is 0 Å². The van der Waals surface area contributed by atoms with Crippen molar-refractivity contribution in [1.82, 2.24) is 20.6 Å². The van der Waals surface area contributed by atoms with E-state index in [1.165, 1.54) is 22.7 Å². The number of alkyl halides is 2. The van der Waals surface area contributed by atoms with Gasteiger partial charge in [0, 0.05) is 30.9 Å². The highest BCUT2D eigenvalue weighted by Crippen LogP contribution is 2.37. The average molecular weight is 507 g/mol. The molecule has 1 amide bonds. The van der Waals surface area contributed by atoms with E-state index in [0.29, 0.717) is 36.6 Å². The third kappa shape index (κ3) is 4.36. The number of pyridine rings is 1. The third-order valence-corrected chi connectivity index (χ3v) is 8.89. The minimum absolute atomic E-state index is 0.00461. The molecule has 11 heteroatoms. The maximum absolute atomic E-state index is 13.5. The zero-order valence-corrected chi connectivity index (χ0v) is 20.7. The molecule has 2 aliphatic rings. The molecule has 0 spiro atoms. The van der Waals surface area contributed by atoms with Crippen LogP contribution in [0.15, 0.2) is 12.1 Å². The summed E-state index contributed by atoms with van der Waals surface area (Å²) in [5.74, 6) is -0.106. The Morgan fingerprint density at radius 1 is 1.29 bits per heavy atom. The molecule has 1 fully saturated rings. The van der Waals surface area contributed by atoms with Crippen molar-refractivity contribution in [2.45, 2.75) is 51.6 Å². The molecule has 1 aliphatic carbocycles. The third-order valence-electron chi connectivity index (χ3n) is 6.66. The van der Waals surface area contributed by atoms with Gasteiger partial charge in [-0.15, -0.1) is 22.7 Å². The van der Waals surface area contributed by atoms with Gasteiger partial charge in [0.1, 0.15) is 15.5 Å². The minimum atomic E-state index is -2.36. The number of aromatic nitrogens is 2. The summed E-state index contributed by atoms with van der Waals surface area (Å²) in [6.45, 7) is 5.36. The fourth-order valence-electron chi connectivity index (χ4n) is 4.97. The van der Waals surface area contributed by atoms with Crippen LogP contribution in [0.5, 0.6) is 0 Å². The van der Waals surface area contributed by atoms with Crippen molar-refractivity contribution >= 4 is 49.6 Å². The molecule has 7 nitrogen and oxygen atoms in total. The number of likely N-dealkylation sites (N-methyl/N-ethyl adjacent to an activating group) is 1. The standard InChI is InChI=1S/C23H28F2N6OS2/c1-3-27-16-10-31(9-14(16)21(24)25)17-7-4-12-8-13(5-6-15(12)30-17)29-22(32)19-18(26)20-23(34-19)28-11(2)33-20/h4,7,13-14,16,21,27H,3,5-6,8-10,26H2,1-2H3,(H,29,32). The van der Waals surface area contributed by atoms with Gasteiger partial charge >= 0.3 is 0 Å². The van der Waals surface area contributed by atoms with Crippen LogP contribution in [-0.4, -0.2) is 54.0 Å². The van der Waals surface area contributed by atoms with Gasteiger partial charge in [-0.1, -0.05) is 13.0 Å². The van der Waals surface area contributed by atoms with E-state index in [4.69, 9.17) is 10.7 Å². The summed E-state index contributed by atoms with van der Waals surface area (Å²) in [6, 6.07) is 3.70. The number of aryl methyl sites for hydroxylation is 2. The van der Waals surface area contributed by atoms with E-state index in [9.17, 15) is 13.6 Å². The second-order valence-electron chi connectivity index (χ2n) is 8.97. The van der Waals surface area contributed by atoms with Crippen LogP contribution in [0.3, 0.4) is 0 Å². The Morgan fingerprint density at radius 2 is 2.12 bits per heavy atom. The molecule has 3 aromatic heterocycles. The zero-order chi connectivity index (χ0) is 24.0. The van der Waals surface area contributed by atoms with Crippen molar-refractivity contribution in [2.75, 3.05) is 30.3 Å². The molecular formula is C23H28F2N6OS2. The smallest absolute Gasteiger partial charge is 0.263 e. The quantitative estimate of drug-likeness (QED) is 0.473. The number of carbonyl (C=O) groups is 1. The molecule has 0 bridgehead atoms. The summed E-state index contributed by atoms with van der Waals surface area (Å²) in [5, 5.41) is 7.25. The van der Waals surface area contributed by atoms with Gasteiger partial charge in [0.25, 0.3) is 5.91 Å². The van der Waals surface area contributed by atoms with Crippen molar-refractivity contribution in [3.63, 3.8) is 0 Å². The first kappa shape index (κ1) is 23.4. The van der Waals surface area contributed by atoms with E-state index < -0.39 is 12.3 Å². The number of anilines is 2. The van der Waals surface area contributed by atoms with Gasteiger partial charge in [0.15, 0.2) is 0 Å². The molecule has 4 N–H and O–H groups in total. The molecule has 5 rings (SSSR count). The Bertz CT molecular complexity index is 1210. The molecule has 3 unspecified atom stereocenters. The van der Waals surface area contributed by atoms with Gasteiger partial charge in [-0.05, 0) is 44.4 Å². The highest BCUT2D eigenvalue weighted by Gasteiger charge is 2.39. The lowest BCUT2D eigenvalue weighted by atomic mass is 9.91. The highest BCUT2D eigenvalue weighted by molar-refractivity contribution is 7.29. The Morgan fingerprint density at radius 3 is 2.85 bits per heavy atom. The van der Waals surface area contributed by atoms with Crippen LogP contribution in [-0.2, 0) is 12.8 Å². The number of fused-ring (bicyclic) bond motifs is 2. The van der Waals surface area contributed by atoms with Gasteiger partial charge in [-0.3, -0.25) is 4.79 Å². The maximum Gasteiger partial charge on any atom is 0.263 e. The predicted molar refractivity (Wildman–Crippen MR) is 133 cm³/mol. The Balaban J connectivity index is 1.25. The Labute approximate surface area is 204 Å². The average Bonchev–Trinajstić information content (AvgIpc) is 3.47. The fraction of sp³-hybridized carbons (Fsp3) is 0.522. The Hall–Kier alpha value is -2.37. The van der Waals surface area contributed by atoms with Crippen molar-refractivity contribution in [1.29, 1.82) is 0 Å². The van der Waals surface area contributed by atoms with Crippen LogP contribution in [0.2, 0.25) is 0 Å². The topological polar surface area (TPSA) is 96.2 Å². The summed E-state index contributed by atoms with van der Waals surface area (Å²) >= 11 is 2.84. The molecular weight excluding hydrogens is 478 g/mol. The van der Waals surface area contributed by atoms with Crippen molar-refractivity contribution in [3.8, 4) is 0 Å². The molecule has 0 saturated carbocycles. The van der Waals surface area contributed by atoms with Crippen molar-refractivity contribution < 1.29 is 13.6 Å². The number of halogens is 2. The van der Waals surface area contributed by atoms with E-state index in [2.05, 4.69) is 15.6 Å². The van der Waals surface area contributed by atoms with Crippen LogP contribution in [0.25, 0.3) is 9.53 Å². The lowest BCUT2D eigenvalue weighted by Gasteiger charge is -2.26. The van der Waals surface area contributed by atoms with Crippen molar-refractivity contribution in [3.05, 3.63) is 33.3 Å². The maximum atomic E-state index is 13.5. The summed E-state index contributed by atoms with van der Waals surface area (Å²) < 4.78 is 27.9. The van der Waals surface area contributed by atoms with Gasteiger partial charge < -0.3 is 21.3 Å². The number of nitrogens with two attached hydrogens (primary N) is 1. The van der Waals surface area contributed by atoms with Crippen LogP contribution < -0.4 is 21.3 Å². The van der Waals surface area contributed by atoms with Gasteiger partial charge in [-0.25, -0.2) is 18.7 Å². The number of amides is 1. The summed E-state index contributed by atoms with van der Waals surface area (Å²) in [5.41, 5.74) is 8.80. The monoisotopic (exact) mass is 506 g/mol. The number of hydrogen-bond acceptors (Lipinski definition) is 8. The summed E-state index contributed by atoms with van der Waals surface area (Å²) in [6.07, 6.45) is -0.173. The van der Waals surface area contributed by atoms with Gasteiger partial charge in [0.2, 0.25) is 6.43 Å². The van der Waals surface area contributed by atoms with E-state index in [1.54, 1.807) is 0 Å². The SMILES string of the molecule is CCNC1CN(c2ccc3c(n2)CCC(NC(=O)c2sc4nc(C)sc4c2N)C3)CC1C(F)F. The largest absolute Gasteiger partial charge is 0.396 e. The van der Waals surface area contributed by atoms with E-state index in [0.717, 1.165) is 44.5 Å². The number of hydrogen-bond donors (Lipinski definition) is 3. The number of thiophene rings is 1. The second-order valence-corrected chi connectivity index (χ2v) is 11.2. The number of nitrogens with zero attached hydrogens (tertiary/aromatic N) is 3. The number of nitrogens with one attached hydrogen (secondary N) is 2. The molecule has 0 aromatic carbocycles. The molecule has 1 saturated heterocycles. The lowest BCUT2D eigenvalue weighted by molar-refractivity contribution is 0.0743. The van der Waals surface area contributed by atoms with Gasteiger partial charge in [0.05, 0.1) is 21.3 Å². The number of thiazole rings is 1. The van der Waals surface area contributed by atoms with E-state index in [1.807, 2.05) is 30.9 Å². The number of rotatable bonds is 6. The van der Waals surface area contributed by atoms with E-state index >= 15 is 0 Å². The summed E-state index contributed by atoms with van der Waals surface area (Å²) in [7, 11) is 0. The zero-order valence-electron chi connectivity index (χ0n) is 19.1. The molecule has 1 aliphatic heterocycles. The van der Waals surface area contributed by atoms with Crippen molar-refractivity contribution in [2.24, 2.45) is 5.92 Å². The molecule has 3 aromatic rings. The number of carbonyl (C=O) groups excluding carboxylic acids is 1. The van der Waals surface area contributed by atoms with Crippen LogP contribution in [0, 0.1) is 12.8 Å². The van der Waals surface area contributed by atoms with E-state index in [-0.39, 0.29) is 18.0 Å². The first-order valence-corrected chi connectivity index (χ1v) is 13.2. The molecule has 182 valence electrons. The lowest BCUT2D eigenvalue weighted by Crippen LogP contribution is -2.39. The van der Waals surface area contributed by atoms with Crippen LogP contribution >= 0.6 is 22.7 Å². The number of nitrogen functional groups attached to an aromatic ring is 1. The molecule has 0 radical (unpaired) electrons. The highest BCUT2D eigenvalue weighted by atomic mass is 32.1. The second kappa shape index (κ2) is 9.35. The normalized spacial score (nSPS) is 22.5. The molecule has 3 atom stereocenters. The summed E-state index contributed by atoms with van der Waals surface area (Å²) in [4.78, 5) is 25.4. The fourth-order valence-corrected chi connectivity index (χ4v) is 7.06. The molecule has 4 heterocycles. The first-order chi connectivity index (χ1) is 16.3. The van der Waals surface area contributed by atoms with Crippen LogP contribution in [0.4, 0.5) is 20.3 Å². The Kier molecular flexibility index (Phi) is 6.43. The van der Waals surface area contributed by atoms with Crippen LogP contribution in [0.1, 0.15) is 39.3 Å². The predicted octanol–water partition coefficient (Wildman–Crippen LogP) is 3.61. The molecule has 34 heavy (non-hydrogen) atoms.